The van der Waals surface area contributed by atoms with Crippen LogP contribution in [0.25, 0.3) is 5.70 Å². The molecule has 0 aromatic carbocycles. The van der Waals surface area contributed by atoms with Gasteiger partial charge >= 0.3 is 6.03 Å². The number of aromatic amines is 1. The number of fused-ring (bicyclic) bond motifs is 1. The molecule has 13 heavy (non-hydrogen) atoms. The van der Waals surface area contributed by atoms with E-state index < -0.39 is 0 Å². The zero-order valence-corrected chi connectivity index (χ0v) is 6.97. The molecule has 0 aliphatic carbocycles. The van der Waals surface area contributed by atoms with Gasteiger partial charge in [-0.3, -0.25) is 10.3 Å². The van der Waals surface area contributed by atoms with E-state index in [0.717, 1.165) is 0 Å². The van der Waals surface area contributed by atoms with Crippen LogP contribution in [0, 0.1) is 0 Å². The maximum atomic E-state index is 11.0. The molecule has 0 saturated heterocycles. The number of amides is 2. The molecule has 2 rings (SSSR count). The number of aromatic nitrogens is 2. The second-order valence-corrected chi connectivity index (χ2v) is 2.53. The topological polar surface area (TPSA) is 79.0 Å². The van der Waals surface area contributed by atoms with E-state index in [1.165, 1.54) is 7.11 Å². The molecule has 6 nitrogen and oxygen atoms in total. The van der Waals surface area contributed by atoms with Gasteiger partial charge in [0.1, 0.15) is 11.5 Å². The van der Waals surface area contributed by atoms with Gasteiger partial charge in [-0.2, -0.15) is 4.98 Å². The Balaban J connectivity index is 2.46. The zero-order valence-electron chi connectivity index (χ0n) is 6.97. The van der Waals surface area contributed by atoms with Crippen LogP contribution in [0.5, 0.6) is 6.01 Å². The Bertz CT molecular complexity index is 382. The Morgan fingerprint density at radius 3 is 2.92 bits per heavy atom. The summed E-state index contributed by atoms with van der Waals surface area (Å²) < 4.78 is 4.86. The Labute approximate surface area is 74.0 Å². The average molecular weight is 180 g/mol. The van der Waals surface area contributed by atoms with Gasteiger partial charge in [0.05, 0.1) is 12.8 Å². The highest BCUT2D eigenvalue weighted by molar-refractivity contribution is 6.00. The number of urea groups is 1. The minimum atomic E-state index is -0.330. The van der Waals surface area contributed by atoms with E-state index in [9.17, 15) is 4.79 Å². The molecule has 68 valence electrons. The Hall–Kier alpha value is -1.98. The molecule has 1 aliphatic rings. The Morgan fingerprint density at radius 2 is 2.23 bits per heavy atom. The summed E-state index contributed by atoms with van der Waals surface area (Å²) in [7, 11) is 1.49. The van der Waals surface area contributed by atoms with Gasteiger partial charge in [-0.15, -0.1) is 0 Å². The Morgan fingerprint density at radius 1 is 1.46 bits per heavy atom. The SMILES string of the molecule is C=C1NC(=O)Nc2[nH]c(OC)nc21. The fraction of sp³-hybridized carbons (Fsp3) is 0.143. The largest absolute Gasteiger partial charge is 0.468 e. The van der Waals surface area contributed by atoms with Crippen molar-refractivity contribution < 1.29 is 9.53 Å². The van der Waals surface area contributed by atoms with Crippen LogP contribution in [0.15, 0.2) is 6.58 Å². The van der Waals surface area contributed by atoms with Gasteiger partial charge in [0.15, 0.2) is 0 Å². The number of hydrogen-bond donors (Lipinski definition) is 3. The van der Waals surface area contributed by atoms with Gasteiger partial charge in [-0.05, 0) is 0 Å². The van der Waals surface area contributed by atoms with Crippen molar-refractivity contribution >= 4 is 17.5 Å². The molecule has 0 saturated carbocycles. The second-order valence-electron chi connectivity index (χ2n) is 2.53. The number of anilines is 1. The molecule has 3 N–H and O–H groups in total. The van der Waals surface area contributed by atoms with Crippen LogP contribution in [0.4, 0.5) is 10.6 Å². The standard InChI is InChI=1S/C7H8N4O2/c1-3-4-5(10-6(12)8-3)11-7(9-4)13-2/h1H2,2H3,(H,9,11)(H2,8,10,12). The van der Waals surface area contributed by atoms with E-state index in [4.69, 9.17) is 4.74 Å². The molecular formula is C7H8N4O2. The van der Waals surface area contributed by atoms with Gasteiger partial charge in [-0.25, -0.2) is 4.79 Å². The molecule has 1 aromatic heterocycles. The molecule has 2 heterocycles. The van der Waals surface area contributed by atoms with Gasteiger partial charge in [-0.1, -0.05) is 6.58 Å². The number of H-pyrrole nitrogens is 1. The van der Waals surface area contributed by atoms with E-state index in [2.05, 4.69) is 27.2 Å². The second kappa shape index (κ2) is 2.51. The van der Waals surface area contributed by atoms with E-state index in [0.29, 0.717) is 23.2 Å². The molecule has 1 aliphatic heterocycles. The summed E-state index contributed by atoms with van der Waals surface area (Å²) in [5, 5.41) is 5.03. The number of ether oxygens (including phenoxy) is 1. The van der Waals surface area contributed by atoms with Crippen molar-refractivity contribution in [1.82, 2.24) is 15.3 Å². The quantitative estimate of drug-likeness (QED) is 0.589. The number of rotatable bonds is 1. The molecule has 0 radical (unpaired) electrons. The molecule has 2 amide bonds. The highest BCUT2D eigenvalue weighted by atomic mass is 16.5. The van der Waals surface area contributed by atoms with Crippen molar-refractivity contribution in [3.8, 4) is 6.01 Å². The van der Waals surface area contributed by atoms with Crippen molar-refractivity contribution in [2.45, 2.75) is 0 Å². The van der Waals surface area contributed by atoms with Gasteiger partial charge in [0.2, 0.25) is 0 Å². The number of nitrogens with zero attached hydrogens (tertiary/aromatic N) is 1. The molecule has 6 heteroatoms. The maximum absolute atomic E-state index is 11.0. The summed E-state index contributed by atoms with van der Waals surface area (Å²) >= 11 is 0. The molecule has 1 aromatic rings. The van der Waals surface area contributed by atoms with Gasteiger partial charge < -0.3 is 10.1 Å². The van der Waals surface area contributed by atoms with Gasteiger partial charge in [0, 0.05) is 0 Å². The Kier molecular flexibility index (Phi) is 1.48. The maximum Gasteiger partial charge on any atom is 0.324 e. The van der Waals surface area contributed by atoms with E-state index in [1.807, 2.05) is 0 Å². The lowest BCUT2D eigenvalue weighted by molar-refractivity contribution is 0.255. The first-order valence-corrected chi connectivity index (χ1v) is 3.62. The van der Waals surface area contributed by atoms with E-state index >= 15 is 0 Å². The summed E-state index contributed by atoms with van der Waals surface area (Å²) in [6.45, 7) is 3.64. The van der Waals surface area contributed by atoms with Crippen molar-refractivity contribution in [2.24, 2.45) is 0 Å². The van der Waals surface area contributed by atoms with Crippen molar-refractivity contribution in [3.05, 3.63) is 12.3 Å². The molecular weight excluding hydrogens is 172 g/mol. The lowest BCUT2D eigenvalue weighted by Gasteiger charge is -2.14. The third-order valence-corrected chi connectivity index (χ3v) is 1.66. The molecule has 0 bridgehead atoms. The van der Waals surface area contributed by atoms with Crippen LogP contribution in [0.1, 0.15) is 5.69 Å². The van der Waals surface area contributed by atoms with Crippen LogP contribution in [-0.2, 0) is 0 Å². The number of carbonyl (C=O) groups excluding carboxylic acids is 1. The first-order valence-electron chi connectivity index (χ1n) is 3.62. The smallest absolute Gasteiger partial charge is 0.324 e. The minimum Gasteiger partial charge on any atom is -0.468 e. The monoisotopic (exact) mass is 180 g/mol. The van der Waals surface area contributed by atoms with Gasteiger partial charge in [0.25, 0.3) is 6.01 Å². The zero-order chi connectivity index (χ0) is 9.42. The number of hydrogen-bond acceptors (Lipinski definition) is 3. The highest BCUT2D eigenvalue weighted by Crippen LogP contribution is 2.24. The predicted molar refractivity (Wildman–Crippen MR) is 46.3 cm³/mol. The molecule has 0 atom stereocenters. The minimum absolute atomic E-state index is 0.330. The van der Waals surface area contributed by atoms with Crippen molar-refractivity contribution in [3.63, 3.8) is 0 Å². The van der Waals surface area contributed by atoms with Crippen LogP contribution in [0.3, 0.4) is 0 Å². The number of imidazole rings is 1. The van der Waals surface area contributed by atoms with E-state index in [-0.39, 0.29) is 6.03 Å². The van der Waals surface area contributed by atoms with E-state index in [1.54, 1.807) is 0 Å². The average Bonchev–Trinajstić information content (AvgIpc) is 2.47. The fourth-order valence-corrected chi connectivity index (χ4v) is 1.10. The third kappa shape index (κ3) is 1.12. The summed E-state index contributed by atoms with van der Waals surface area (Å²) in [5.74, 6) is 0.505. The number of carbonyl (C=O) groups is 1. The molecule has 0 spiro atoms. The van der Waals surface area contributed by atoms with Crippen molar-refractivity contribution in [2.75, 3.05) is 12.4 Å². The van der Waals surface area contributed by atoms with Crippen LogP contribution >= 0.6 is 0 Å². The lowest BCUT2D eigenvalue weighted by Crippen LogP contribution is -2.32. The summed E-state index contributed by atoms with van der Waals surface area (Å²) in [4.78, 5) is 17.8. The van der Waals surface area contributed by atoms with Crippen LogP contribution in [-0.4, -0.2) is 23.1 Å². The van der Waals surface area contributed by atoms with Crippen LogP contribution in [0.2, 0.25) is 0 Å². The van der Waals surface area contributed by atoms with Crippen molar-refractivity contribution in [1.29, 1.82) is 0 Å². The highest BCUT2D eigenvalue weighted by Gasteiger charge is 2.21. The first kappa shape index (κ1) is 7.66. The summed E-state index contributed by atoms with van der Waals surface area (Å²) in [6, 6.07) is 0.0129. The number of nitrogens with one attached hydrogen (secondary N) is 3. The normalized spacial score (nSPS) is 14.5. The lowest BCUT2D eigenvalue weighted by atomic mass is 10.3. The summed E-state index contributed by atoms with van der Waals surface area (Å²) in [6.07, 6.45) is 0. The third-order valence-electron chi connectivity index (χ3n) is 1.66. The molecule has 0 fully saturated rings. The summed E-state index contributed by atoms with van der Waals surface area (Å²) in [5.41, 5.74) is 1.02. The predicted octanol–water partition coefficient (Wildman–Crippen LogP) is 0.524. The van der Waals surface area contributed by atoms with Crippen LogP contribution < -0.4 is 15.4 Å². The fourth-order valence-electron chi connectivity index (χ4n) is 1.10. The first-order chi connectivity index (χ1) is 6.20. The molecule has 0 unspecified atom stereocenters. The number of methoxy groups -OCH3 is 1.